The standard InChI is InChI=1S/C18H18N2O4S/c21-17(13-5-10-25-12-13)19-6-8-20(9-7-19)18(22)16-11-23-14-3-1-2-4-15(14)24-16/h1-5,10,12,16H,6-9,11H2. The van der Waals surface area contributed by atoms with Gasteiger partial charge in [0, 0.05) is 31.6 Å². The normalized spacial score (nSPS) is 19.6. The highest BCUT2D eigenvalue weighted by Gasteiger charge is 2.33. The van der Waals surface area contributed by atoms with Crippen LogP contribution in [-0.4, -0.2) is 60.5 Å². The summed E-state index contributed by atoms with van der Waals surface area (Å²) >= 11 is 1.51. The highest BCUT2D eigenvalue weighted by atomic mass is 32.1. The molecule has 0 N–H and O–H groups in total. The summed E-state index contributed by atoms with van der Waals surface area (Å²) in [6, 6.07) is 9.17. The fraction of sp³-hybridized carbons (Fsp3) is 0.333. The fourth-order valence-corrected chi connectivity index (χ4v) is 3.67. The molecular formula is C18H18N2O4S. The maximum Gasteiger partial charge on any atom is 0.267 e. The zero-order valence-corrected chi connectivity index (χ0v) is 14.4. The van der Waals surface area contributed by atoms with E-state index in [1.165, 1.54) is 11.3 Å². The van der Waals surface area contributed by atoms with Gasteiger partial charge in [0.15, 0.2) is 11.5 Å². The number of fused-ring (bicyclic) bond motifs is 1. The van der Waals surface area contributed by atoms with Crippen LogP contribution in [0.4, 0.5) is 0 Å². The SMILES string of the molecule is O=C(c1ccsc1)N1CCN(C(=O)C2COc3ccccc3O2)CC1. The van der Waals surface area contributed by atoms with Crippen molar-refractivity contribution in [1.29, 1.82) is 0 Å². The number of hydrogen-bond acceptors (Lipinski definition) is 5. The lowest BCUT2D eigenvalue weighted by molar-refractivity contribution is -0.142. The van der Waals surface area contributed by atoms with Gasteiger partial charge in [-0.25, -0.2) is 0 Å². The third-order valence-electron chi connectivity index (χ3n) is 4.43. The Balaban J connectivity index is 1.35. The van der Waals surface area contributed by atoms with Crippen LogP contribution < -0.4 is 9.47 Å². The monoisotopic (exact) mass is 358 g/mol. The second-order valence-corrected chi connectivity index (χ2v) is 6.77. The van der Waals surface area contributed by atoms with Gasteiger partial charge < -0.3 is 19.3 Å². The first-order valence-corrected chi connectivity index (χ1v) is 9.15. The molecule has 6 nitrogen and oxygen atoms in total. The van der Waals surface area contributed by atoms with Gasteiger partial charge in [0.05, 0.1) is 5.56 Å². The summed E-state index contributed by atoms with van der Waals surface area (Å²) in [5.41, 5.74) is 0.713. The topological polar surface area (TPSA) is 59.1 Å². The molecular weight excluding hydrogens is 340 g/mol. The Bertz CT molecular complexity index is 769. The Labute approximate surface area is 149 Å². The second-order valence-electron chi connectivity index (χ2n) is 5.99. The van der Waals surface area contributed by atoms with Crippen molar-refractivity contribution in [3.8, 4) is 11.5 Å². The Morgan fingerprint density at radius 3 is 2.44 bits per heavy atom. The molecule has 3 heterocycles. The smallest absolute Gasteiger partial charge is 0.267 e. The van der Waals surface area contributed by atoms with Crippen molar-refractivity contribution in [3.63, 3.8) is 0 Å². The lowest BCUT2D eigenvalue weighted by Crippen LogP contribution is -2.55. The van der Waals surface area contributed by atoms with E-state index in [-0.39, 0.29) is 18.4 Å². The molecule has 2 amide bonds. The average Bonchev–Trinajstić information content (AvgIpc) is 3.21. The number of amides is 2. The zero-order valence-electron chi connectivity index (χ0n) is 13.6. The van der Waals surface area contributed by atoms with Crippen LogP contribution in [0.5, 0.6) is 11.5 Å². The minimum Gasteiger partial charge on any atom is -0.485 e. The zero-order chi connectivity index (χ0) is 17.2. The minimum atomic E-state index is -0.631. The molecule has 2 aromatic rings. The molecule has 130 valence electrons. The molecule has 4 rings (SSSR count). The first kappa shape index (κ1) is 16.0. The summed E-state index contributed by atoms with van der Waals surface area (Å²) in [4.78, 5) is 28.6. The molecule has 0 aliphatic carbocycles. The molecule has 1 unspecified atom stereocenters. The van der Waals surface area contributed by atoms with Crippen molar-refractivity contribution in [2.45, 2.75) is 6.10 Å². The van der Waals surface area contributed by atoms with E-state index in [9.17, 15) is 9.59 Å². The van der Waals surface area contributed by atoms with Crippen LogP contribution in [0.15, 0.2) is 41.1 Å². The van der Waals surface area contributed by atoms with E-state index < -0.39 is 6.10 Å². The summed E-state index contributed by atoms with van der Waals surface area (Å²) in [5.74, 6) is 1.20. The van der Waals surface area contributed by atoms with E-state index in [2.05, 4.69) is 0 Å². The number of rotatable bonds is 2. The number of piperazine rings is 1. The highest BCUT2D eigenvalue weighted by Crippen LogP contribution is 2.31. The first-order valence-electron chi connectivity index (χ1n) is 8.21. The van der Waals surface area contributed by atoms with Gasteiger partial charge >= 0.3 is 0 Å². The Morgan fingerprint density at radius 2 is 1.72 bits per heavy atom. The maximum absolute atomic E-state index is 12.7. The van der Waals surface area contributed by atoms with E-state index in [1.54, 1.807) is 15.9 Å². The molecule has 7 heteroatoms. The van der Waals surface area contributed by atoms with E-state index >= 15 is 0 Å². The van der Waals surface area contributed by atoms with Crippen molar-refractivity contribution >= 4 is 23.2 Å². The molecule has 1 aromatic heterocycles. The molecule has 1 atom stereocenters. The summed E-state index contributed by atoms with van der Waals surface area (Å²) < 4.78 is 11.4. The third kappa shape index (κ3) is 3.19. The van der Waals surface area contributed by atoms with Crippen molar-refractivity contribution in [1.82, 2.24) is 9.80 Å². The summed E-state index contributed by atoms with van der Waals surface area (Å²) in [5, 5.41) is 3.75. The largest absolute Gasteiger partial charge is 0.485 e. The molecule has 0 radical (unpaired) electrons. The van der Waals surface area contributed by atoms with Crippen LogP contribution in [0.2, 0.25) is 0 Å². The van der Waals surface area contributed by atoms with Crippen LogP contribution in [-0.2, 0) is 4.79 Å². The third-order valence-corrected chi connectivity index (χ3v) is 5.11. The van der Waals surface area contributed by atoms with Gasteiger partial charge in [-0.3, -0.25) is 9.59 Å². The van der Waals surface area contributed by atoms with E-state index in [0.717, 1.165) is 0 Å². The van der Waals surface area contributed by atoms with Gasteiger partial charge in [-0.1, -0.05) is 12.1 Å². The summed E-state index contributed by atoms with van der Waals surface area (Å²) in [6.45, 7) is 2.30. The van der Waals surface area contributed by atoms with Crippen molar-refractivity contribution < 1.29 is 19.1 Å². The molecule has 0 saturated carbocycles. The molecule has 1 aromatic carbocycles. The molecule has 1 saturated heterocycles. The number of thiophene rings is 1. The lowest BCUT2D eigenvalue weighted by Gasteiger charge is -2.37. The summed E-state index contributed by atoms with van der Waals surface area (Å²) in [6.07, 6.45) is -0.631. The van der Waals surface area contributed by atoms with Gasteiger partial charge in [-0.15, -0.1) is 0 Å². The van der Waals surface area contributed by atoms with Crippen LogP contribution >= 0.6 is 11.3 Å². The lowest BCUT2D eigenvalue weighted by atomic mass is 10.2. The first-order chi connectivity index (χ1) is 12.2. The number of para-hydroxylation sites is 2. The van der Waals surface area contributed by atoms with Crippen molar-refractivity contribution in [2.24, 2.45) is 0 Å². The second kappa shape index (κ2) is 6.76. The molecule has 1 fully saturated rings. The summed E-state index contributed by atoms with van der Waals surface area (Å²) in [7, 11) is 0. The number of hydrogen-bond donors (Lipinski definition) is 0. The predicted molar refractivity (Wildman–Crippen MR) is 93.2 cm³/mol. The Morgan fingerprint density at radius 1 is 1.00 bits per heavy atom. The Kier molecular flexibility index (Phi) is 4.31. The molecule has 0 bridgehead atoms. The quantitative estimate of drug-likeness (QED) is 0.822. The number of benzene rings is 1. The fourth-order valence-electron chi connectivity index (χ4n) is 3.04. The molecule has 0 spiro atoms. The number of ether oxygens (including phenoxy) is 2. The predicted octanol–water partition coefficient (Wildman–Crippen LogP) is 1.87. The van der Waals surface area contributed by atoms with E-state index in [0.29, 0.717) is 43.2 Å². The van der Waals surface area contributed by atoms with Crippen LogP contribution in [0.25, 0.3) is 0 Å². The number of carbonyl (C=O) groups excluding carboxylic acids is 2. The highest BCUT2D eigenvalue weighted by molar-refractivity contribution is 7.08. The van der Waals surface area contributed by atoms with Crippen LogP contribution in [0, 0.1) is 0 Å². The number of nitrogens with zero attached hydrogens (tertiary/aromatic N) is 2. The van der Waals surface area contributed by atoms with E-state index in [4.69, 9.17) is 9.47 Å². The van der Waals surface area contributed by atoms with Gasteiger partial charge in [0.2, 0.25) is 6.10 Å². The van der Waals surface area contributed by atoms with Crippen molar-refractivity contribution in [3.05, 3.63) is 46.7 Å². The van der Waals surface area contributed by atoms with Crippen LogP contribution in [0.1, 0.15) is 10.4 Å². The average molecular weight is 358 g/mol. The van der Waals surface area contributed by atoms with Gasteiger partial charge in [-0.2, -0.15) is 11.3 Å². The van der Waals surface area contributed by atoms with Crippen LogP contribution in [0.3, 0.4) is 0 Å². The number of carbonyl (C=O) groups is 2. The maximum atomic E-state index is 12.7. The van der Waals surface area contributed by atoms with Gasteiger partial charge in [-0.05, 0) is 23.6 Å². The minimum absolute atomic E-state index is 0.0273. The van der Waals surface area contributed by atoms with E-state index in [1.807, 2.05) is 35.0 Å². The molecule has 25 heavy (non-hydrogen) atoms. The van der Waals surface area contributed by atoms with Crippen molar-refractivity contribution in [2.75, 3.05) is 32.8 Å². The van der Waals surface area contributed by atoms with Gasteiger partial charge in [0.25, 0.3) is 11.8 Å². The molecule has 2 aliphatic rings. The molecule has 2 aliphatic heterocycles. The Hall–Kier alpha value is -2.54. The van der Waals surface area contributed by atoms with Gasteiger partial charge in [0.1, 0.15) is 6.61 Å².